The highest BCUT2D eigenvalue weighted by molar-refractivity contribution is 7.33. The second kappa shape index (κ2) is 5.14. The molecule has 0 aromatic carbocycles. The van der Waals surface area contributed by atoms with Crippen LogP contribution in [0.2, 0.25) is 0 Å². The van der Waals surface area contributed by atoms with Crippen LogP contribution >= 0.6 is 8.25 Å². The third kappa shape index (κ3) is 4.19. The Morgan fingerprint density at radius 3 is 2.62 bits per heavy atom. The molecular formula is C9H14O3P+. The van der Waals surface area contributed by atoms with Crippen LogP contribution in [0.25, 0.3) is 0 Å². The van der Waals surface area contributed by atoms with Gasteiger partial charge in [0, 0.05) is 9.98 Å². The van der Waals surface area contributed by atoms with Gasteiger partial charge in [-0.1, -0.05) is 12.5 Å². The van der Waals surface area contributed by atoms with Crippen LogP contribution in [0.3, 0.4) is 0 Å². The van der Waals surface area contributed by atoms with E-state index in [9.17, 15) is 4.57 Å². The Morgan fingerprint density at radius 1 is 1.69 bits per heavy atom. The Balaban J connectivity index is 4.04. The highest BCUT2D eigenvalue weighted by atomic mass is 31.1. The lowest BCUT2D eigenvalue weighted by Gasteiger charge is -2.18. The second-order valence-electron chi connectivity index (χ2n) is 3.05. The standard InChI is InChI=1S/C9H14O3P/c1-6-9(3,4)8(2)7-12-13(10)11-5/h1H,2,7H2,3-5H3/q+1. The van der Waals surface area contributed by atoms with Gasteiger partial charge in [-0.2, -0.15) is 0 Å². The number of rotatable bonds is 5. The van der Waals surface area contributed by atoms with E-state index in [4.69, 9.17) is 10.9 Å². The summed E-state index contributed by atoms with van der Waals surface area (Å²) in [6.07, 6.45) is 5.28. The van der Waals surface area contributed by atoms with Gasteiger partial charge in [-0.3, -0.25) is 0 Å². The fourth-order valence-electron chi connectivity index (χ4n) is 0.466. The van der Waals surface area contributed by atoms with Crippen molar-refractivity contribution in [2.45, 2.75) is 13.8 Å². The van der Waals surface area contributed by atoms with Gasteiger partial charge in [0.05, 0.1) is 7.11 Å². The van der Waals surface area contributed by atoms with Crippen LogP contribution in [0.4, 0.5) is 0 Å². The molecule has 0 heterocycles. The largest absolute Gasteiger partial charge is 0.697 e. The van der Waals surface area contributed by atoms with Gasteiger partial charge in [-0.25, -0.2) is 0 Å². The highest BCUT2D eigenvalue weighted by Crippen LogP contribution is 2.28. The third-order valence-corrected chi connectivity index (χ3v) is 2.38. The molecule has 0 amide bonds. The monoisotopic (exact) mass is 201 g/mol. The summed E-state index contributed by atoms with van der Waals surface area (Å²) in [5.74, 6) is 2.57. The Bertz CT molecular complexity index is 250. The van der Waals surface area contributed by atoms with E-state index in [0.717, 1.165) is 0 Å². The van der Waals surface area contributed by atoms with Crippen molar-refractivity contribution in [3.05, 3.63) is 12.2 Å². The summed E-state index contributed by atoms with van der Waals surface area (Å²) < 4.78 is 20.0. The highest BCUT2D eigenvalue weighted by Gasteiger charge is 2.24. The van der Waals surface area contributed by atoms with E-state index in [2.05, 4.69) is 17.0 Å². The minimum Gasteiger partial charge on any atom is -0.122 e. The van der Waals surface area contributed by atoms with Crippen molar-refractivity contribution in [1.29, 1.82) is 0 Å². The van der Waals surface area contributed by atoms with Crippen LogP contribution < -0.4 is 0 Å². The Hall–Kier alpha value is -0.680. The number of hydrogen-bond acceptors (Lipinski definition) is 3. The van der Waals surface area contributed by atoms with Gasteiger partial charge in [0.15, 0.2) is 0 Å². The first-order chi connectivity index (χ1) is 5.94. The van der Waals surface area contributed by atoms with Crippen molar-refractivity contribution in [3.63, 3.8) is 0 Å². The maximum Gasteiger partial charge on any atom is 0.697 e. The molecule has 0 aliphatic carbocycles. The van der Waals surface area contributed by atoms with Crippen LogP contribution in [0.15, 0.2) is 12.2 Å². The topological polar surface area (TPSA) is 35.5 Å². The summed E-state index contributed by atoms with van der Waals surface area (Å²) in [6, 6.07) is 0. The molecule has 1 atom stereocenters. The number of hydrogen-bond donors (Lipinski definition) is 0. The first kappa shape index (κ1) is 12.3. The van der Waals surface area contributed by atoms with Crippen LogP contribution in [-0.2, 0) is 13.6 Å². The summed E-state index contributed by atoms with van der Waals surface area (Å²) in [7, 11) is -0.729. The number of terminal acetylenes is 1. The second-order valence-corrected chi connectivity index (χ2v) is 4.12. The molecule has 0 aromatic rings. The van der Waals surface area contributed by atoms with Crippen LogP contribution in [-0.4, -0.2) is 13.7 Å². The Kier molecular flexibility index (Phi) is 4.87. The molecule has 0 N–H and O–H groups in total. The normalized spacial score (nSPS) is 12.0. The maximum absolute atomic E-state index is 10.7. The molecule has 0 spiro atoms. The van der Waals surface area contributed by atoms with E-state index in [1.807, 2.05) is 13.8 Å². The lowest BCUT2D eigenvalue weighted by atomic mass is 9.87. The van der Waals surface area contributed by atoms with Crippen molar-refractivity contribution in [1.82, 2.24) is 0 Å². The zero-order valence-electron chi connectivity index (χ0n) is 8.16. The molecule has 0 aliphatic heterocycles. The molecule has 0 bridgehead atoms. The first-order valence-corrected chi connectivity index (χ1v) is 4.84. The van der Waals surface area contributed by atoms with E-state index in [1.54, 1.807) is 0 Å². The maximum atomic E-state index is 10.7. The molecule has 72 valence electrons. The van der Waals surface area contributed by atoms with Crippen LogP contribution in [0.1, 0.15) is 13.8 Å². The predicted molar refractivity (Wildman–Crippen MR) is 52.3 cm³/mol. The van der Waals surface area contributed by atoms with Gasteiger partial charge in [0.2, 0.25) is 0 Å². The Labute approximate surface area is 80.1 Å². The quantitative estimate of drug-likeness (QED) is 0.389. The molecule has 0 rings (SSSR count). The Morgan fingerprint density at radius 2 is 2.23 bits per heavy atom. The van der Waals surface area contributed by atoms with Crippen molar-refractivity contribution in [3.8, 4) is 12.3 Å². The summed E-state index contributed by atoms with van der Waals surface area (Å²) in [6.45, 7) is 7.60. The zero-order chi connectivity index (χ0) is 10.5. The summed E-state index contributed by atoms with van der Waals surface area (Å²) in [4.78, 5) is 0. The van der Waals surface area contributed by atoms with Gasteiger partial charge in [-0.05, 0) is 19.4 Å². The van der Waals surface area contributed by atoms with E-state index in [-0.39, 0.29) is 6.61 Å². The minimum atomic E-state index is -2.04. The average molecular weight is 201 g/mol. The van der Waals surface area contributed by atoms with Crippen LogP contribution in [0.5, 0.6) is 0 Å². The van der Waals surface area contributed by atoms with E-state index in [1.165, 1.54) is 7.11 Å². The fraction of sp³-hybridized carbons (Fsp3) is 0.556. The van der Waals surface area contributed by atoms with E-state index >= 15 is 0 Å². The molecule has 13 heavy (non-hydrogen) atoms. The lowest BCUT2D eigenvalue weighted by molar-refractivity contribution is 0.265. The molecule has 4 heteroatoms. The molecule has 0 saturated heterocycles. The van der Waals surface area contributed by atoms with Crippen LogP contribution in [0, 0.1) is 17.8 Å². The SMILES string of the molecule is C#CC(C)(C)C(=C)CO[P+](=O)OC. The predicted octanol–water partition coefficient (Wildman–Crippen LogP) is 2.52. The molecule has 0 radical (unpaired) electrons. The molecule has 3 nitrogen and oxygen atoms in total. The molecule has 1 unspecified atom stereocenters. The third-order valence-electron chi connectivity index (χ3n) is 1.74. The zero-order valence-corrected chi connectivity index (χ0v) is 9.06. The van der Waals surface area contributed by atoms with Crippen molar-refractivity contribution >= 4 is 8.25 Å². The van der Waals surface area contributed by atoms with E-state index < -0.39 is 13.7 Å². The average Bonchev–Trinajstić information content (AvgIpc) is 2.13. The van der Waals surface area contributed by atoms with Crippen molar-refractivity contribution in [2.75, 3.05) is 13.7 Å². The van der Waals surface area contributed by atoms with Gasteiger partial charge in [-0.15, -0.1) is 15.5 Å². The smallest absolute Gasteiger partial charge is 0.122 e. The fourth-order valence-corrected chi connectivity index (χ4v) is 0.832. The lowest BCUT2D eigenvalue weighted by Crippen LogP contribution is -2.14. The van der Waals surface area contributed by atoms with Gasteiger partial charge in [0.25, 0.3) is 0 Å². The first-order valence-electron chi connectivity index (χ1n) is 3.74. The van der Waals surface area contributed by atoms with Gasteiger partial charge >= 0.3 is 8.25 Å². The molecule has 0 saturated carbocycles. The minimum absolute atomic E-state index is 0.153. The van der Waals surface area contributed by atoms with E-state index in [0.29, 0.717) is 5.57 Å². The summed E-state index contributed by atoms with van der Waals surface area (Å²) >= 11 is 0. The molecular weight excluding hydrogens is 187 g/mol. The summed E-state index contributed by atoms with van der Waals surface area (Å²) in [5, 5.41) is 0. The molecule has 0 aliphatic rings. The van der Waals surface area contributed by atoms with Gasteiger partial charge in [0.1, 0.15) is 6.61 Å². The summed E-state index contributed by atoms with van der Waals surface area (Å²) in [5.41, 5.74) is 0.264. The molecule has 0 aromatic heterocycles. The molecule has 0 fully saturated rings. The van der Waals surface area contributed by atoms with Crippen molar-refractivity contribution < 1.29 is 13.6 Å². The van der Waals surface area contributed by atoms with Crippen molar-refractivity contribution in [2.24, 2.45) is 5.41 Å². The van der Waals surface area contributed by atoms with Gasteiger partial charge < -0.3 is 0 Å².